The SMILES string of the molecule is CC[Si](C)(C)c1c(F)cc(NC(=O)C2c3ccc(OC)cc3CCN2C(=O)O)cc1F. The number of carbonyl (C=O) groups excluding carboxylic acids is 1. The molecule has 2 amide bonds. The van der Waals surface area contributed by atoms with Crippen molar-refractivity contribution in [3.8, 4) is 5.75 Å². The number of methoxy groups -OCH3 is 1. The number of amides is 2. The van der Waals surface area contributed by atoms with Crippen LogP contribution in [0.5, 0.6) is 5.75 Å². The molecule has 31 heavy (non-hydrogen) atoms. The molecule has 2 aromatic rings. The van der Waals surface area contributed by atoms with E-state index < -0.39 is 37.8 Å². The number of hydrogen-bond donors (Lipinski definition) is 2. The molecule has 9 heteroatoms. The first-order chi connectivity index (χ1) is 14.6. The molecule has 3 rings (SSSR count). The van der Waals surface area contributed by atoms with Gasteiger partial charge in [-0.1, -0.05) is 32.1 Å². The number of anilines is 1. The number of halogens is 2. The topological polar surface area (TPSA) is 78.9 Å². The first kappa shape index (κ1) is 22.7. The summed E-state index contributed by atoms with van der Waals surface area (Å²) in [4.78, 5) is 25.9. The molecule has 0 radical (unpaired) electrons. The Hall–Kier alpha value is -2.94. The van der Waals surface area contributed by atoms with Gasteiger partial charge in [0.15, 0.2) is 0 Å². The average molecular weight is 449 g/mol. The zero-order valence-corrected chi connectivity index (χ0v) is 19.0. The Kier molecular flexibility index (Phi) is 6.35. The van der Waals surface area contributed by atoms with Crippen LogP contribution in [0.15, 0.2) is 30.3 Å². The highest BCUT2D eigenvalue weighted by molar-refractivity contribution is 6.89. The summed E-state index contributed by atoms with van der Waals surface area (Å²) in [6.45, 7) is 5.78. The molecular weight excluding hydrogens is 422 g/mol. The highest BCUT2D eigenvalue weighted by Gasteiger charge is 2.37. The molecule has 1 heterocycles. The summed E-state index contributed by atoms with van der Waals surface area (Å²) < 4.78 is 34.7. The molecule has 0 spiro atoms. The lowest BCUT2D eigenvalue weighted by Gasteiger charge is -2.34. The minimum atomic E-state index is -2.28. The molecule has 1 aliphatic rings. The van der Waals surface area contributed by atoms with Crippen LogP contribution in [-0.4, -0.2) is 43.7 Å². The van der Waals surface area contributed by atoms with E-state index in [0.29, 0.717) is 23.8 Å². The molecule has 2 N–H and O–H groups in total. The average Bonchev–Trinajstić information content (AvgIpc) is 2.71. The molecule has 0 saturated heterocycles. The Morgan fingerprint density at radius 3 is 2.42 bits per heavy atom. The Morgan fingerprint density at radius 2 is 1.87 bits per heavy atom. The van der Waals surface area contributed by atoms with Crippen LogP contribution in [0.2, 0.25) is 19.1 Å². The molecule has 0 fully saturated rings. The number of carboxylic acid groups (broad SMARTS) is 1. The third kappa shape index (κ3) is 4.41. The maximum atomic E-state index is 14.7. The molecule has 0 saturated carbocycles. The fourth-order valence-electron chi connectivity index (χ4n) is 3.90. The standard InChI is InChI=1S/C22H26F2N2O4Si/c1-5-31(3,4)20-17(23)11-14(12-18(20)24)25-21(27)19-16-7-6-15(30-2)10-13(16)8-9-26(19)22(28)29/h6-7,10-12,19H,5,8-9H2,1-4H3,(H,25,27)(H,28,29). The molecule has 6 nitrogen and oxygen atoms in total. The quantitative estimate of drug-likeness (QED) is 0.675. The van der Waals surface area contributed by atoms with Crippen LogP contribution >= 0.6 is 0 Å². The van der Waals surface area contributed by atoms with E-state index in [1.165, 1.54) is 7.11 Å². The number of ether oxygens (including phenoxy) is 1. The third-order valence-electron chi connectivity index (χ3n) is 5.94. The minimum Gasteiger partial charge on any atom is -0.497 e. The van der Waals surface area contributed by atoms with Crippen LogP contribution in [0, 0.1) is 11.6 Å². The monoisotopic (exact) mass is 448 g/mol. The summed E-state index contributed by atoms with van der Waals surface area (Å²) in [6.07, 6.45) is -0.817. The van der Waals surface area contributed by atoms with Gasteiger partial charge in [0.2, 0.25) is 0 Å². The highest BCUT2D eigenvalue weighted by atomic mass is 28.3. The summed E-state index contributed by atoms with van der Waals surface area (Å²) in [6, 6.07) is 6.79. The molecule has 1 aliphatic heterocycles. The van der Waals surface area contributed by atoms with Gasteiger partial charge >= 0.3 is 6.09 Å². The normalized spacial score (nSPS) is 15.9. The molecule has 166 valence electrons. The summed E-state index contributed by atoms with van der Waals surface area (Å²) >= 11 is 0. The van der Waals surface area contributed by atoms with Gasteiger partial charge in [0.25, 0.3) is 5.91 Å². The van der Waals surface area contributed by atoms with E-state index in [9.17, 15) is 23.5 Å². The Bertz CT molecular complexity index is 1010. The van der Waals surface area contributed by atoms with E-state index >= 15 is 0 Å². The highest BCUT2D eigenvalue weighted by Crippen LogP contribution is 2.33. The van der Waals surface area contributed by atoms with Gasteiger partial charge in [-0.05, 0) is 41.8 Å². The first-order valence-electron chi connectivity index (χ1n) is 10.1. The Labute approximate surface area is 180 Å². The van der Waals surface area contributed by atoms with Crippen molar-refractivity contribution in [3.05, 3.63) is 53.1 Å². The van der Waals surface area contributed by atoms with Crippen LogP contribution in [0.1, 0.15) is 24.1 Å². The van der Waals surface area contributed by atoms with Crippen molar-refractivity contribution in [3.63, 3.8) is 0 Å². The first-order valence-corrected chi connectivity index (χ1v) is 13.3. The fraction of sp³-hybridized carbons (Fsp3) is 0.364. The second-order valence-corrected chi connectivity index (χ2v) is 13.2. The van der Waals surface area contributed by atoms with Gasteiger partial charge in [0.1, 0.15) is 23.4 Å². The van der Waals surface area contributed by atoms with Crippen molar-refractivity contribution in [1.82, 2.24) is 4.90 Å². The zero-order valence-electron chi connectivity index (χ0n) is 18.0. The maximum absolute atomic E-state index is 14.7. The van der Waals surface area contributed by atoms with Gasteiger partial charge in [0, 0.05) is 17.4 Å². The van der Waals surface area contributed by atoms with Gasteiger partial charge in [0.05, 0.1) is 15.2 Å². The van der Waals surface area contributed by atoms with Crippen molar-refractivity contribution in [1.29, 1.82) is 0 Å². The van der Waals surface area contributed by atoms with Crippen molar-refractivity contribution >= 4 is 30.9 Å². The molecule has 0 bridgehead atoms. The second kappa shape index (κ2) is 8.66. The van der Waals surface area contributed by atoms with Crippen LogP contribution in [0.3, 0.4) is 0 Å². The van der Waals surface area contributed by atoms with Gasteiger partial charge in [-0.3, -0.25) is 9.69 Å². The van der Waals surface area contributed by atoms with E-state index in [2.05, 4.69) is 5.32 Å². The number of nitrogens with zero attached hydrogens (tertiary/aromatic N) is 1. The van der Waals surface area contributed by atoms with Crippen molar-refractivity contribution in [2.24, 2.45) is 0 Å². The van der Waals surface area contributed by atoms with Crippen molar-refractivity contribution in [2.45, 2.75) is 38.5 Å². The smallest absolute Gasteiger partial charge is 0.408 e. The van der Waals surface area contributed by atoms with E-state index in [4.69, 9.17) is 4.74 Å². The van der Waals surface area contributed by atoms with Crippen LogP contribution in [0.4, 0.5) is 19.3 Å². The van der Waals surface area contributed by atoms with Crippen LogP contribution in [-0.2, 0) is 11.2 Å². The number of fused-ring (bicyclic) bond motifs is 1. The largest absolute Gasteiger partial charge is 0.497 e. The maximum Gasteiger partial charge on any atom is 0.408 e. The molecule has 1 atom stereocenters. The van der Waals surface area contributed by atoms with E-state index in [-0.39, 0.29) is 17.4 Å². The number of carbonyl (C=O) groups is 2. The summed E-state index contributed by atoms with van der Waals surface area (Å²) in [5.41, 5.74) is 1.26. The lowest BCUT2D eigenvalue weighted by molar-refractivity contribution is -0.121. The Balaban J connectivity index is 1.96. The molecule has 2 aromatic carbocycles. The van der Waals surface area contributed by atoms with Crippen molar-refractivity contribution in [2.75, 3.05) is 19.0 Å². The van der Waals surface area contributed by atoms with E-state index in [0.717, 1.165) is 22.6 Å². The van der Waals surface area contributed by atoms with Crippen LogP contribution in [0.25, 0.3) is 0 Å². The van der Waals surface area contributed by atoms with Gasteiger partial charge in [-0.15, -0.1) is 0 Å². The molecular formula is C22H26F2N2O4Si. The van der Waals surface area contributed by atoms with Gasteiger partial charge < -0.3 is 15.2 Å². The van der Waals surface area contributed by atoms with E-state index in [1.807, 2.05) is 20.0 Å². The Morgan fingerprint density at radius 1 is 1.23 bits per heavy atom. The fourth-order valence-corrected chi connectivity index (χ4v) is 5.69. The third-order valence-corrected chi connectivity index (χ3v) is 9.54. The zero-order chi connectivity index (χ0) is 22.9. The number of hydrogen-bond acceptors (Lipinski definition) is 3. The second-order valence-electron chi connectivity index (χ2n) is 8.23. The lowest BCUT2D eigenvalue weighted by Crippen LogP contribution is -2.45. The predicted molar refractivity (Wildman–Crippen MR) is 117 cm³/mol. The lowest BCUT2D eigenvalue weighted by atomic mass is 9.92. The van der Waals surface area contributed by atoms with Crippen molar-refractivity contribution < 1.29 is 28.2 Å². The number of nitrogens with one attached hydrogen (secondary N) is 1. The van der Waals surface area contributed by atoms with Gasteiger partial charge in [-0.2, -0.15) is 0 Å². The molecule has 0 aliphatic carbocycles. The summed E-state index contributed by atoms with van der Waals surface area (Å²) in [5, 5.41) is 12.2. The number of rotatable bonds is 5. The molecule has 1 unspecified atom stereocenters. The minimum absolute atomic E-state index is 0.0457. The van der Waals surface area contributed by atoms with Gasteiger partial charge in [-0.25, -0.2) is 13.6 Å². The summed E-state index contributed by atoms with van der Waals surface area (Å²) in [5.74, 6) is -1.47. The van der Waals surface area contributed by atoms with Crippen LogP contribution < -0.4 is 15.2 Å². The summed E-state index contributed by atoms with van der Waals surface area (Å²) in [7, 11) is -0.759. The molecule has 0 aromatic heterocycles. The predicted octanol–water partition coefficient (Wildman–Crippen LogP) is 4.12. The van der Waals surface area contributed by atoms with E-state index in [1.54, 1.807) is 18.2 Å². The number of benzene rings is 2.